The van der Waals surface area contributed by atoms with Gasteiger partial charge in [-0.3, -0.25) is 4.57 Å². The Labute approximate surface area is 120 Å². The summed E-state index contributed by atoms with van der Waals surface area (Å²) in [6.45, 7) is -0.447. The summed E-state index contributed by atoms with van der Waals surface area (Å²) in [6.07, 6.45) is -2.27. The van der Waals surface area contributed by atoms with Crippen molar-refractivity contribution in [2.45, 2.75) is 24.6 Å². The highest BCUT2D eigenvalue weighted by Gasteiger charge is 2.45. The number of alkyl halides is 1. The zero-order valence-corrected chi connectivity index (χ0v) is 11.7. The Hall–Kier alpha value is -0.910. The topological polar surface area (TPSA) is 93.3 Å². The van der Waals surface area contributed by atoms with Gasteiger partial charge in [0.1, 0.15) is 27.8 Å². The van der Waals surface area contributed by atoms with Crippen LogP contribution in [0.25, 0.3) is 11.2 Å². The molecule has 7 nitrogen and oxygen atoms in total. The first kappa shape index (κ1) is 13.1. The number of halogens is 2. The minimum Gasteiger partial charge on any atom is -0.394 e. The van der Waals surface area contributed by atoms with Gasteiger partial charge in [-0.25, -0.2) is 19.3 Å². The Balaban J connectivity index is 2.04. The van der Waals surface area contributed by atoms with E-state index in [2.05, 4.69) is 15.0 Å². The number of hydrogen-bond donors (Lipinski definition) is 2. The average Bonchev–Trinajstić information content (AvgIpc) is 2.94. The van der Waals surface area contributed by atoms with Crippen LogP contribution in [0.3, 0.4) is 0 Å². The van der Waals surface area contributed by atoms with Crippen LogP contribution in [0.15, 0.2) is 12.7 Å². The van der Waals surface area contributed by atoms with Gasteiger partial charge in [0.2, 0.25) is 0 Å². The monoisotopic (exact) mass is 380 g/mol. The van der Waals surface area contributed by atoms with Crippen LogP contribution in [0.1, 0.15) is 6.23 Å². The zero-order chi connectivity index (χ0) is 13.6. The fraction of sp³-hybridized carbons (Fsp3) is 0.500. The first-order chi connectivity index (χ1) is 9.13. The van der Waals surface area contributed by atoms with Crippen LogP contribution in [0.4, 0.5) is 4.39 Å². The molecule has 1 aliphatic rings. The van der Waals surface area contributed by atoms with E-state index in [1.165, 1.54) is 17.2 Å². The molecule has 0 aliphatic carbocycles. The number of hydrogen-bond acceptors (Lipinski definition) is 6. The molecule has 1 fully saturated rings. The van der Waals surface area contributed by atoms with Gasteiger partial charge in [0.25, 0.3) is 0 Å². The fourth-order valence-electron chi connectivity index (χ4n) is 2.09. The minimum absolute atomic E-state index is 0.429. The van der Waals surface area contributed by atoms with Crippen LogP contribution in [0.2, 0.25) is 0 Å². The molecule has 4 atom stereocenters. The third-order valence-electron chi connectivity index (χ3n) is 3.06. The Bertz CT molecular complexity index is 609. The highest BCUT2D eigenvalue weighted by Crippen LogP contribution is 2.33. The number of rotatable bonds is 2. The SMILES string of the molecule is OC[C@H]1O[C@@H](n2cnc3c(I)ncnc32)[C@@H](F)[C@@H]1O. The van der Waals surface area contributed by atoms with Crippen molar-refractivity contribution in [1.29, 1.82) is 0 Å². The maximum absolute atomic E-state index is 14.0. The predicted octanol–water partition coefficient (Wildman–Crippen LogP) is 0.0196. The molecule has 0 bridgehead atoms. The molecular formula is C10H10FIN4O3. The van der Waals surface area contributed by atoms with Crippen molar-refractivity contribution >= 4 is 33.8 Å². The second-order valence-corrected chi connectivity index (χ2v) is 5.19. The molecule has 0 amide bonds. The fourth-order valence-corrected chi connectivity index (χ4v) is 2.59. The molecule has 102 valence electrons. The minimum atomic E-state index is -1.65. The smallest absolute Gasteiger partial charge is 0.173 e. The summed E-state index contributed by atoms with van der Waals surface area (Å²) >= 11 is 2.00. The molecule has 3 rings (SSSR count). The van der Waals surface area contributed by atoms with Gasteiger partial charge >= 0.3 is 0 Å². The second kappa shape index (κ2) is 4.89. The molecule has 0 aromatic carbocycles. The van der Waals surface area contributed by atoms with E-state index in [9.17, 15) is 9.50 Å². The lowest BCUT2D eigenvalue weighted by Gasteiger charge is -2.14. The van der Waals surface area contributed by atoms with Gasteiger partial charge in [0.15, 0.2) is 18.0 Å². The molecule has 2 aromatic heterocycles. The number of nitrogens with zero attached hydrogens (tertiary/aromatic N) is 4. The summed E-state index contributed by atoms with van der Waals surface area (Å²) in [5.74, 6) is 0. The van der Waals surface area contributed by atoms with Gasteiger partial charge in [-0.2, -0.15) is 0 Å². The quantitative estimate of drug-likeness (QED) is 0.564. The van der Waals surface area contributed by atoms with Crippen LogP contribution < -0.4 is 0 Å². The molecule has 0 radical (unpaired) electrons. The molecule has 0 spiro atoms. The van der Waals surface area contributed by atoms with Gasteiger partial charge in [-0.1, -0.05) is 0 Å². The third kappa shape index (κ3) is 2.00. The Morgan fingerprint density at radius 2 is 2.21 bits per heavy atom. The van der Waals surface area contributed by atoms with E-state index in [1.807, 2.05) is 22.6 Å². The van der Waals surface area contributed by atoms with Crippen molar-refractivity contribution in [2.75, 3.05) is 6.61 Å². The van der Waals surface area contributed by atoms with Crippen molar-refractivity contribution in [3.63, 3.8) is 0 Å². The second-order valence-electron chi connectivity index (χ2n) is 4.17. The standard InChI is InChI=1S/C10H10FIN4O3/c11-5-7(18)4(1-17)19-10(5)16-3-15-6-8(12)13-2-14-9(6)16/h2-5,7,10,17-18H,1H2/t4-,5+,7-,10-/m1/s1. The molecule has 1 saturated heterocycles. The highest BCUT2D eigenvalue weighted by atomic mass is 127. The summed E-state index contributed by atoms with van der Waals surface area (Å²) < 4.78 is 21.4. The Kier molecular flexibility index (Phi) is 3.37. The lowest BCUT2D eigenvalue weighted by Crippen LogP contribution is -2.30. The maximum atomic E-state index is 14.0. The van der Waals surface area contributed by atoms with E-state index in [1.54, 1.807) is 0 Å². The van der Waals surface area contributed by atoms with E-state index in [0.717, 1.165) is 0 Å². The molecule has 2 aromatic rings. The zero-order valence-electron chi connectivity index (χ0n) is 9.52. The van der Waals surface area contributed by atoms with Crippen molar-refractivity contribution in [3.05, 3.63) is 16.4 Å². The van der Waals surface area contributed by atoms with Crippen molar-refractivity contribution in [2.24, 2.45) is 0 Å². The van der Waals surface area contributed by atoms with Gasteiger partial charge in [-0.05, 0) is 22.6 Å². The third-order valence-corrected chi connectivity index (χ3v) is 3.85. The van der Waals surface area contributed by atoms with E-state index in [-0.39, 0.29) is 0 Å². The first-order valence-electron chi connectivity index (χ1n) is 5.55. The van der Waals surface area contributed by atoms with Crippen LogP contribution in [-0.4, -0.2) is 54.7 Å². The summed E-state index contributed by atoms with van der Waals surface area (Å²) in [7, 11) is 0. The molecular weight excluding hydrogens is 370 g/mol. The van der Waals surface area contributed by atoms with Crippen LogP contribution in [-0.2, 0) is 4.74 Å². The summed E-state index contributed by atoms with van der Waals surface area (Å²) in [5.41, 5.74) is 0.971. The molecule has 2 N–H and O–H groups in total. The summed E-state index contributed by atoms with van der Waals surface area (Å²) in [4.78, 5) is 12.2. The number of fused-ring (bicyclic) bond motifs is 1. The molecule has 0 saturated carbocycles. The van der Waals surface area contributed by atoms with Gasteiger partial charge < -0.3 is 14.9 Å². The lowest BCUT2D eigenvalue weighted by atomic mass is 10.1. The molecule has 0 unspecified atom stereocenters. The predicted molar refractivity (Wildman–Crippen MR) is 69.9 cm³/mol. The first-order valence-corrected chi connectivity index (χ1v) is 6.63. The molecule has 9 heteroatoms. The number of imidazole rings is 1. The van der Waals surface area contributed by atoms with Crippen LogP contribution in [0, 0.1) is 3.70 Å². The summed E-state index contributed by atoms with van der Waals surface area (Å²) in [5, 5.41) is 18.6. The van der Waals surface area contributed by atoms with Crippen LogP contribution in [0.5, 0.6) is 0 Å². The highest BCUT2D eigenvalue weighted by molar-refractivity contribution is 14.1. The lowest BCUT2D eigenvalue weighted by molar-refractivity contribution is -0.0459. The van der Waals surface area contributed by atoms with Crippen LogP contribution >= 0.6 is 22.6 Å². The van der Waals surface area contributed by atoms with E-state index in [4.69, 9.17) is 9.84 Å². The number of ether oxygens (including phenoxy) is 1. The Morgan fingerprint density at radius 1 is 1.42 bits per heavy atom. The average molecular weight is 380 g/mol. The maximum Gasteiger partial charge on any atom is 0.173 e. The normalized spacial score (nSPS) is 31.2. The van der Waals surface area contributed by atoms with Crippen molar-refractivity contribution in [3.8, 4) is 0 Å². The van der Waals surface area contributed by atoms with E-state index >= 15 is 0 Å². The van der Waals surface area contributed by atoms with Crippen molar-refractivity contribution < 1.29 is 19.3 Å². The van der Waals surface area contributed by atoms with Gasteiger partial charge in [0.05, 0.1) is 12.9 Å². The number of aliphatic hydroxyl groups is 2. The number of aromatic nitrogens is 4. The van der Waals surface area contributed by atoms with Crippen molar-refractivity contribution in [1.82, 2.24) is 19.5 Å². The van der Waals surface area contributed by atoms with E-state index in [0.29, 0.717) is 14.9 Å². The molecule has 1 aliphatic heterocycles. The molecule has 19 heavy (non-hydrogen) atoms. The van der Waals surface area contributed by atoms with E-state index < -0.39 is 31.2 Å². The largest absolute Gasteiger partial charge is 0.394 e. The van der Waals surface area contributed by atoms with Gasteiger partial charge in [0, 0.05) is 0 Å². The number of aliphatic hydroxyl groups excluding tert-OH is 2. The Morgan fingerprint density at radius 3 is 2.89 bits per heavy atom. The summed E-state index contributed by atoms with van der Waals surface area (Å²) in [6, 6.07) is 0. The van der Waals surface area contributed by atoms with Gasteiger partial charge in [-0.15, -0.1) is 0 Å². The molecule has 3 heterocycles.